The Balaban J connectivity index is 2.10. The minimum atomic E-state index is -1.16. The maximum absolute atomic E-state index is 12.4. The van der Waals surface area contributed by atoms with E-state index >= 15 is 0 Å². The van der Waals surface area contributed by atoms with Gasteiger partial charge in [-0.1, -0.05) is 23.7 Å². The molecule has 3 N–H and O–H groups in total. The van der Waals surface area contributed by atoms with Crippen LogP contribution in [0, 0.1) is 0 Å². The van der Waals surface area contributed by atoms with Gasteiger partial charge in [0.25, 0.3) is 5.91 Å². The Morgan fingerprint density at radius 2 is 1.81 bits per heavy atom. The van der Waals surface area contributed by atoms with Crippen molar-refractivity contribution in [2.45, 2.75) is 32.4 Å². The molecule has 0 bridgehead atoms. The molecule has 1 amide bonds. The largest absolute Gasteiger partial charge is 0.508 e. The fourth-order valence-corrected chi connectivity index (χ4v) is 2.53. The highest BCUT2D eigenvalue weighted by Crippen LogP contribution is 2.26. The molecule has 0 saturated carbocycles. The molecule has 0 aliphatic heterocycles. The summed E-state index contributed by atoms with van der Waals surface area (Å²) in [5, 5.41) is 21.4. The van der Waals surface area contributed by atoms with E-state index in [2.05, 4.69) is 5.32 Å². The third kappa shape index (κ3) is 5.39. The third-order valence-electron chi connectivity index (χ3n) is 3.54. The molecule has 6 nitrogen and oxygen atoms in total. The zero-order valence-electron chi connectivity index (χ0n) is 14.4. The molecule has 0 aromatic heterocycles. The topological polar surface area (TPSA) is 95.9 Å². The Labute approximate surface area is 156 Å². The molecular weight excluding hydrogens is 358 g/mol. The molecule has 0 aliphatic rings. The van der Waals surface area contributed by atoms with E-state index in [1.807, 2.05) is 13.8 Å². The molecule has 0 aliphatic carbocycles. The highest BCUT2D eigenvalue weighted by atomic mass is 35.5. The number of carboxylic acids is 1. The van der Waals surface area contributed by atoms with Crippen LogP contribution in [0.1, 0.15) is 29.8 Å². The summed E-state index contributed by atoms with van der Waals surface area (Å²) in [6.45, 7) is 3.72. The second-order valence-corrected chi connectivity index (χ2v) is 6.45. The van der Waals surface area contributed by atoms with Crippen molar-refractivity contribution in [1.29, 1.82) is 0 Å². The number of phenols is 1. The normalized spacial score (nSPS) is 11.8. The first-order valence-electron chi connectivity index (χ1n) is 8.04. The number of carbonyl (C=O) groups excluding carboxylic acids is 1. The van der Waals surface area contributed by atoms with Crippen molar-refractivity contribution >= 4 is 23.5 Å². The number of phenolic OH excluding ortho intramolecular Hbond substituents is 1. The van der Waals surface area contributed by atoms with Crippen LogP contribution in [0.2, 0.25) is 5.02 Å². The average Bonchev–Trinajstić information content (AvgIpc) is 2.57. The number of benzene rings is 2. The van der Waals surface area contributed by atoms with Crippen LogP contribution in [0.3, 0.4) is 0 Å². The van der Waals surface area contributed by atoms with E-state index < -0.39 is 17.9 Å². The van der Waals surface area contributed by atoms with E-state index in [9.17, 15) is 19.8 Å². The maximum atomic E-state index is 12.4. The molecule has 2 aromatic rings. The van der Waals surface area contributed by atoms with Gasteiger partial charge in [-0.25, -0.2) is 4.79 Å². The zero-order valence-corrected chi connectivity index (χ0v) is 15.2. The lowest BCUT2D eigenvalue weighted by atomic mass is 10.1. The van der Waals surface area contributed by atoms with Crippen LogP contribution in [0.25, 0.3) is 0 Å². The van der Waals surface area contributed by atoms with Crippen LogP contribution in [0.15, 0.2) is 42.5 Å². The highest BCUT2D eigenvalue weighted by molar-refractivity contribution is 6.32. The number of aromatic hydroxyl groups is 1. The molecule has 0 radical (unpaired) electrons. The molecule has 26 heavy (non-hydrogen) atoms. The molecule has 1 atom stereocenters. The van der Waals surface area contributed by atoms with Crippen molar-refractivity contribution in [3.8, 4) is 11.5 Å². The third-order valence-corrected chi connectivity index (χ3v) is 3.83. The first kappa shape index (κ1) is 19.6. The summed E-state index contributed by atoms with van der Waals surface area (Å²) >= 11 is 6.12. The fraction of sp³-hybridized carbons (Fsp3) is 0.263. The van der Waals surface area contributed by atoms with Gasteiger partial charge < -0.3 is 20.3 Å². The summed E-state index contributed by atoms with van der Waals surface area (Å²) in [5.41, 5.74) is 0.914. The van der Waals surface area contributed by atoms with Crippen molar-refractivity contribution in [2.75, 3.05) is 0 Å². The molecule has 0 fully saturated rings. The lowest BCUT2D eigenvalue weighted by molar-refractivity contribution is -0.139. The Kier molecular flexibility index (Phi) is 6.46. The molecule has 2 aromatic carbocycles. The van der Waals surface area contributed by atoms with Crippen LogP contribution < -0.4 is 10.1 Å². The van der Waals surface area contributed by atoms with Gasteiger partial charge in [-0.05, 0) is 49.7 Å². The summed E-state index contributed by atoms with van der Waals surface area (Å²) < 4.78 is 5.51. The van der Waals surface area contributed by atoms with Gasteiger partial charge in [-0.2, -0.15) is 0 Å². The summed E-state index contributed by atoms with van der Waals surface area (Å²) in [6, 6.07) is 9.56. The maximum Gasteiger partial charge on any atom is 0.326 e. The minimum absolute atomic E-state index is 0.0612. The number of rotatable bonds is 7. The van der Waals surface area contributed by atoms with Gasteiger partial charge in [-0.15, -0.1) is 0 Å². The summed E-state index contributed by atoms with van der Waals surface area (Å²) in [4.78, 5) is 23.8. The molecule has 0 heterocycles. The fourth-order valence-electron chi connectivity index (χ4n) is 2.30. The highest BCUT2D eigenvalue weighted by Gasteiger charge is 2.21. The SMILES string of the molecule is CC(C)Oc1ccc(C(=O)N[C@@H](Cc2ccc(O)cc2)C(=O)O)cc1Cl. The van der Waals surface area contributed by atoms with Gasteiger partial charge in [0, 0.05) is 12.0 Å². The molecule has 138 valence electrons. The first-order valence-corrected chi connectivity index (χ1v) is 8.42. The summed E-state index contributed by atoms with van der Waals surface area (Å²) in [6.07, 6.45) is 0.0257. The van der Waals surface area contributed by atoms with Crippen LogP contribution in [-0.4, -0.2) is 34.2 Å². The standard InChI is InChI=1S/C19H20ClNO5/c1-11(2)26-17-8-5-13(10-15(17)20)18(23)21-16(19(24)25)9-12-3-6-14(22)7-4-12/h3-8,10-11,16,22H,9H2,1-2H3,(H,21,23)(H,24,25)/t16-/m0/s1. The lowest BCUT2D eigenvalue weighted by Crippen LogP contribution is -2.42. The van der Waals surface area contributed by atoms with Gasteiger partial charge in [0.1, 0.15) is 17.5 Å². The van der Waals surface area contributed by atoms with Crippen molar-refractivity contribution < 1.29 is 24.5 Å². The number of hydrogen-bond donors (Lipinski definition) is 3. The van der Waals surface area contributed by atoms with Gasteiger partial charge >= 0.3 is 5.97 Å². The van der Waals surface area contributed by atoms with E-state index in [1.54, 1.807) is 18.2 Å². The number of ether oxygens (including phenoxy) is 1. The van der Waals surface area contributed by atoms with E-state index in [0.29, 0.717) is 11.3 Å². The number of hydrogen-bond acceptors (Lipinski definition) is 4. The van der Waals surface area contributed by atoms with Gasteiger partial charge in [0.15, 0.2) is 0 Å². The Hall–Kier alpha value is -2.73. The summed E-state index contributed by atoms with van der Waals surface area (Å²) in [7, 11) is 0. The van der Waals surface area contributed by atoms with Gasteiger partial charge in [0.05, 0.1) is 11.1 Å². The van der Waals surface area contributed by atoms with Crippen LogP contribution in [-0.2, 0) is 11.2 Å². The van der Waals surface area contributed by atoms with Gasteiger partial charge in [0.2, 0.25) is 0 Å². The van der Waals surface area contributed by atoms with Crippen molar-refractivity contribution in [2.24, 2.45) is 0 Å². The van der Waals surface area contributed by atoms with Crippen LogP contribution in [0.4, 0.5) is 0 Å². The average molecular weight is 378 g/mol. The number of amides is 1. The zero-order chi connectivity index (χ0) is 19.3. The molecule has 0 unspecified atom stereocenters. The molecule has 0 spiro atoms. The number of nitrogens with one attached hydrogen (secondary N) is 1. The number of halogens is 1. The van der Waals surface area contributed by atoms with Gasteiger partial charge in [-0.3, -0.25) is 4.79 Å². The van der Waals surface area contributed by atoms with Crippen LogP contribution >= 0.6 is 11.6 Å². The number of aliphatic carboxylic acids is 1. The number of carboxylic acid groups (broad SMARTS) is 1. The molecule has 7 heteroatoms. The summed E-state index contributed by atoms with van der Waals surface area (Å²) in [5.74, 6) is -1.16. The van der Waals surface area contributed by atoms with E-state index in [1.165, 1.54) is 24.3 Å². The quantitative estimate of drug-likeness (QED) is 0.688. The molecule has 2 rings (SSSR count). The van der Waals surface area contributed by atoms with Crippen molar-refractivity contribution in [3.63, 3.8) is 0 Å². The van der Waals surface area contributed by atoms with E-state index in [0.717, 1.165) is 0 Å². The predicted molar refractivity (Wildman–Crippen MR) is 97.9 cm³/mol. The molecule has 0 saturated heterocycles. The Bertz CT molecular complexity index is 789. The minimum Gasteiger partial charge on any atom is -0.508 e. The van der Waals surface area contributed by atoms with E-state index in [4.69, 9.17) is 16.3 Å². The lowest BCUT2D eigenvalue weighted by Gasteiger charge is -2.16. The smallest absolute Gasteiger partial charge is 0.326 e. The first-order chi connectivity index (χ1) is 12.3. The Morgan fingerprint density at radius 1 is 1.15 bits per heavy atom. The number of carbonyl (C=O) groups is 2. The van der Waals surface area contributed by atoms with Crippen molar-refractivity contribution in [1.82, 2.24) is 5.32 Å². The second-order valence-electron chi connectivity index (χ2n) is 6.05. The Morgan fingerprint density at radius 3 is 2.35 bits per heavy atom. The second kappa shape index (κ2) is 8.58. The monoisotopic (exact) mass is 377 g/mol. The van der Waals surface area contributed by atoms with Crippen molar-refractivity contribution in [3.05, 3.63) is 58.6 Å². The predicted octanol–water partition coefficient (Wildman–Crippen LogP) is 3.26. The van der Waals surface area contributed by atoms with E-state index in [-0.39, 0.29) is 28.9 Å². The van der Waals surface area contributed by atoms with Crippen LogP contribution in [0.5, 0.6) is 11.5 Å². The molecular formula is C19H20ClNO5.